The Labute approximate surface area is 160 Å². The van der Waals surface area contributed by atoms with Crippen LogP contribution in [0.3, 0.4) is 0 Å². The summed E-state index contributed by atoms with van der Waals surface area (Å²) in [7, 11) is 0. The summed E-state index contributed by atoms with van der Waals surface area (Å²) in [5.41, 5.74) is 0.648. The lowest BCUT2D eigenvalue weighted by molar-refractivity contribution is -0.158. The Hall–Kier alpha value is -1.95. The van der Waals surface area contributed by atoms with Crippen LogP contribution in [0.1, 0.15) is 51.0 Å². The van der Waals surface area contributed by atoms with Crippen LogP contribution in [0, 0.1) is 11.2 Å². The number of amides is 2. The first-order chi connectivity index (χ1) is 12.9. The molecule has 1 saturated heterocycles. The first-order valence-electron chi connectivity index (χ1n) is 9.87. The van der Waals surface area contributed by atoms with Crippen molar-refractivity contribution in [1.29, 1.82) is 0 Å². The average molecular weight is 376 g/mol. The molecule has 3 rings (SSSR count). The van der Waals surface area contributed by atoms with Crippen LogP contribution in [0.15, 0.2) is 24.3 Å². The third-order valence-corrected chi connectivity index (χ3v) is 5.55. The molecule has 2 N–H and O–H groups in total. The molecular weight excluding hydrogens is 347 g/mol. The van der Waals surface area contributed by atoms with Crippen molar-refractivity contribution in [3.8, 4) is 0 Å². The van der Waals surface area contributed by atoms with Gasteiger partial charge in [-0.2, -0.15) is 0 Å². The lowest BCUT2D eigenvalue weighted by Gasteiger charge is -2.39. The van der Waals surface area contributed by atoms with E-state index in [1.165, 1.54) is 12.1 Å². The molecule has 1 aromatic rings. The Morgan fingerprint density at radius 2 is 1.81 bits per heavy atom. The van der Waals surface area contributed by atoms with Gasteiger partial charge in [0.1, 0.15) is 5.82 Å². The van der Waals surface area contributed by atoms with E-state index in [2.05, 4.69) is 10.6 Å². The molecule has 6 heteroatoms. The van der Waals surface area contributed by atoms with Gasteiger partial charge >= 0.3 is 0 Å². The van der Waals surface area contributed by atoms with Crippen LogP contribution in [0.5, 0.6) is 0 Å². The fraction of sp³-hybridized carbons (Fsp3) is 0.619. The number of carbonyl (C=O) groups is 2. The third-order valence-electron chi connectivity index (χ3n) is 5.55. The molecule has 2 atom stereocenters. The molecule has 0 radical (unpaired) electrons. The van der Waals surface area contributed by atoms with Gasteiger partial charge in [0.25, 0.3) is 0 Å². The van der Waals surface area contributed by atoms with Gasteiger partial charge < -0.3 is 15.4 Å². The fourth-order valence-corrected chi connectivity index (χ4v) is 3.75. The van der Waals surface area contributed by atoms with Gasteiger partial charge in [0, 0.05) is 18.5 Å². The number of rotatable bonds is 7. The summed E-state index contributed by atoms with van der Waals surface area (Å²) < 4.78 is 18.1. The topological polar surface area (TPSA) is 67.4 Å². The molecule has 1 saturated carbocycles. The van der Waals surface area contributed by atoms with E-state index < -0.39 is 5.41 Å². The van der Waals surface area contributed by atoms with Gasteiger partial charge in [-0.3, -0.25) is 9.59 Å². The minimum Gasteiger partial charge on any atom is -0.379 e. The zero-order valence-electron chi connectivity index (χ0n) is 15.9. The number of benzene rings is 1. The summed E-state index contributed by atoms with van der Waals surface area (Å²) in [6, 6.07) is 6.65. The number of nitrogens with one attached hydrogen (secondary N) is 2. The van der Waals surface area contributed by atoms with Crippen LogP contribution in [0.25, 0.3) is 0 Å². The van der Waals surface area contributed by atoms with Gasteiger partial charge in [-0.05, 0) is 63.1 Å². The molecule has 148 valence electrons. The Kier molecular flexibility index (Phi) is 6.47. The Bertz CT molecular complexity index is 658. The van der Waals surface area contributed by atoms with Crippen LogP contribution in [-0.4, -0.2) is 37.1 Å². The van der Waals surface area contributed by atoms with Crippen molar-refractivity contribution in [2.24, 2.45) is 5.41 Å². The summed E-state index contributed by atoms with van der Waals surface area (Å²) in [4.78, 5) is 24.6. The van der Waals surface area contributed by atoms with Crippen LogP contribution in [0.4, 0.5) is 4.39 Å². The maximum Gasteiger partial charge on any atom is 0.230 e. The van der Waals surface area contributed by atoms with E-state index >= 15 is 0 Å². The van der Waals surface area contributed by atoms with E-state index in [1.54, 1.807) is 12.1 Å². The van der Waals surface area contributed by atoms with Gasteiger partial charge in [0.15, 0.2) is 0 Å². The monoisotopic (exact) mass is 376 g/mol. The lowest BCUT2D eigenvalue weighted by Crippen LogP contribution is -2.55. The number of ether oxygens (including phenoxy) is 1. The van der Waals surface area contributed by atoms with Gasteiger partial charge in [0.05, 0.1) is 18.6 Å². The lowest BCUT2D eigenvalue weighted by atomic mass is 9.85. The van der Waals surface area contributed by atoms with Gasteiger partial charge in [0.2, 0.25) is 11.8 Å². The van der Waals surface area contributed by atoms with E-state index in [4.69, 9.17) is 4.74 Å². The number of aryl methyl sites for hydroxylation is 1. The van der Waals surface area contributed by atoms with Gasteiger partial charge in [-0.25, -0.2) is 4.39 Å². The van der Waals surface area contributed by atoms with Crippen LogP contribution in [-0.2, 0) is 20.7 Å². The molecule has 2 fully saturated rings. The standard InChI is InChI=1S/C21H29FN2O3/c1-21(13-27-14-21)20(26)24-18-6-3-5-17(12-18)23-19(25)7-2-4-15-8-10-16(22)11-9-15/h8-11,17-18H,2-7,12-14H2,1H3,(H,23,25)(H,24,26)/t17-,18-/m1/s1. The number of hydrogen-bond acceptors (Lipinski definition) is 3. The van der Waals surface area contributed by atoms with E-state index in [-0.39, 0.29) is 29.7 Å². The fourth-order valence-electron chi connectivity index (χ4n) is 3.75. The highest BCUT2D eigenvalue weighted by Gasteiger charge is 2.42. The summed E-state index contributed by atoms with van der Waals surface area (Å²) in [5, 5.41) is 6.24. The molecule has 0 unspecified atom stereocenters. The van der Waals surface area contributed by atoms with Crippen molar-refractivity contribution >= 4 is 11.8 Å². The normalized spacial score (nSPS) is 23.9. The third kappa shape index (κ3) is 5.51. The SMILES string of the molecule is CC1(C(=O)N[C@@H]2CCC[C@@H](NC(=O)CCCc3ccc(F)cc3)C2)COC1. The molecule has 0 bridgehead atoms. The molecule has 2 aliphatic rings. The largest absolute Gasteiger partial charge is 0.379 e. The predicted molar refractivity (Wildman–Crippen MR) is 101 cm³/mol. The molecule has 5 nitrogen and oxygen atoms in total. The second-order valence-electron chi connectivity index (χ2n) is 8.13. The Morgan fingerprint density at radius 1 is 1.15 bits per heavy atom. The highest BCUT2D eigenvalue weighted by Crippen LogP contribution is 2.28. The van der Waals surface area contributed by atoms with Crippen molar-refractivity contribution in [3.63, 3.8) is 0 Å². The molecule has 27 heavy (non-hydrogen) atoms. The van der Waals surface area contributed by atoms with Crippen molar-refractivity contribution in [1.82, 2.24) is 10.6 Å². The Morgan fingerprint density at radius 3 is 2.44 bits per heavy atom. The first kappa shape index (κ1) is 19.8. The molecule has 1 aliphatic heterocycles. The summed E-state index contributed by atoms with van der Waals surface area (Å²) >= 11 is 0. The number of hydrogen-bond donors (Lipinski definition) is 2. The molecule has 1 aromatic carbocycles. The summed E-state index contributed by atoms with van der Waals surface area (Å²) in [6.07, 6.45) is 5.65. The number of carbonyl (C=O) groups excluding carboxylic acids is 2. The second kappa shape index (κ2) is 8.83. The number of halogens is 1. The van der Waals surface area contributed by atoms with Gasteiger partial charge in [-0.15, -0.1) is 0 Å². The zero-order valence-corrected chi connectivity index (χ0v) is 15.9. The average Bonchev–Trinajstić information content (AvgIpc) is 2.61. The van der Waals surface area contributed by atoms with Crippen molar-refractivity contribution in [2.75, 3.05) is 13.2 Å². The summed E-state index contributed by atoms with van der Waals surface area (Å²) in [6.45, 7) is 2.90. The zero-order chi connectivity index (χ0) is 19.3. The van der Waals surface area contributed by atoms with Crippen molar-refractivity contribution in [2.45, 2.75) is 64.0 Å². The highest BCUT2D eigenvalue weighted by atomic mass is 19.1. The van der Waals surface area contributed by atoms with Crippen LogP contribution < -0.4 is 10.6 Å². The van der Waals surface area contributed by atoms with Crippen LogP contribution in [0.2, 0.25) is 0 Å². The van der Waals surface area contributed by atoms with E-state index in [9.17, 15) is 14.0 Å². The molecule has 2 amide bonds. The molecule has 1 heterocycles. The first-order valence-corrected chi connectivity index (χ1v) is 9.87. The van der Waals surface area contributed by atoms with Gasteiger partial charge in [-0.1, -0.05) is 12.1 Å². The predicted octanol–water partition coefficient (Wildman–Crippen LogP) is 2.73. The molecule has 0 aromatic heterocycles. The maximum absolute atomic E-state index is 12.9. The Balaban J connectivity index is 1.37. The second-order valence-corrected chi connectivity index (χ2v) is 8.13. The van der Waals surface area contributed by atoms with Crippen molar-refractivity contribution in [3.05, 3.63) is 35.6 Å². The highest BCUT2D eigenvalue weighted by molar-refractivity contribution is 5.83. The minimum absolute atomic E-state index is 0.0495. The van der Waals surface area contributed by atoms with Crippen LogP contribution >= 0.6 is 0 Å². The van der Waals surface area contributed by atoms with E-state index in [0.717, 1.165) is 44.1 Å². The van der Waals surface area contributed by atoms with Crippen molar-refractivity contribution < 1.29 is 18.7 Å². The quantitative estimate of drug-likeness (QED) is 0.769. The summed E-state index contributed by atoms with van der Waals surface area (Å²) in [5.74, 6) is -0.132. The maximum atomic E-state index is 12.9. The minimum atomic E-state index is -0.392. The smallest absolute Gasteiger partial charge is 0.230 e. The van der Waals surface area contributed by atoms with E-state index in [0.29, 0.717) is 19.6 Å². The molecule has 0 spiro atoms. The van der Waals surface area contributed by atoms with E-state index in [1.807, 2.05) is 6.92 Å². The molecular formula is C21H29FN2O3. The molecule has 1 aliphatic carbocycles.